The zero-order chi connectivity index (χ0) is 13.1. The monoisotopic (exact) mass is 269 g/mol. The van der Waals surface area contributed by atoms with Crippen molar-refractivity contribution in [2.24, 2.45) is 0 Å². The number of hydrogen-bond donors (Lipinski definition) is 1. The van der Waals surface area contributed by atoms with E-state index in [9.17, 15) is 9.90 Å². The van der Waals surface area contributed by atoms with Gasteiger partial charge < -0.3 is 14.7 Å². The molecule has 1 aromatic carbocycles. The second-order valence-electron chi connectivity index (χ2n) is 4.36. The quantitative estimate of drug-likeness (QED) is 0.863. The molecule has 1 N–H and O–H groups in total. The molecule has 1 aromatic rings. The number of para-hydroxylation sites is 1. The molecule has 98 valence electrons. The minimum absolute atomic E-state index is 0.255. The van der Waals surface area contributed by atoms with Gasteiger partial charge in [0.25, 0.3) is 0 Å². The van der Waals surface area contributed by atoms with Crippen LogP contribution < -0.4 is 4.90 Å². The molecule has 0 radical (unpaired) electrons. The summed E-state index contributed by atoms with van der Waals surface area (Å²) in [5.41, 5.74) is 0.872. The van der Waals surface area contributed by atoms with Gasteiger partial charge in [0.1, 0.15) is 0 Å². The second-order valence-corrected chi connectivity index (χ2v) is 4.77. The lowest BCUT2D eigenvalue weighted by Crippen LogP contribution is -2.31. The fourth-order valence-corrected chi connectivity index (χ4v) is 2.32. The maximum atomic E-state index is 11.3. The van der Waals surface area contributed by atoms with E-state index >= 15 is 0 Å². The van der Waals surface area contributed by atoms with E-state index in [1.54, 1.807) is 25.3 Å². The lowest BCUT2D eigenvalue weighted by atomic mass is 10.1. The van der Waals surface area contributed by atoms with Crippen LogP contribution in [0.5, 0.6) is 0 Å². The number of carboxylic acid groups (broad SMARTS) is 1. The molecular weight excluding hydrogens is 254 g/mol. The number of rotatable bonds is 6. The summed E-state index contributed by atoms with van der Waals surface area (Å²) in [5.74, 6) is -0.949. The van der Waals surface area contributed by atoms with Crippen molar-refractivity contribution in [3.8, 4) is 0 Å². The Bertz CT molecular complexity index is 446. The first kappa shape index (κ1) is 13.2. The molecule has 1 aliphatic rings. The SMILES string of the molecule is COCCN(c1c(Cl)cccc1C(=O)O)C1CC1. The number of anilines is 1. The second kappa shape index (κ2) is 5.59. The maximum absolute atomic E-state index is 11.3. The van der Waals surface area contributed by atoms with Gasteiger partial charge in [-0.05, 0) is 25.0 Å². The summed E-state index contributed by atoms with van der Waals surface area (Å²) in [6, 6.07) is 5.37. The van der Waals surface area contributed by atoms with Gasteiger partial charge in [-0.15, -0.1) is 0 Å². The topological polar surface area (TPSA) is 49.8 Å². The van der Waals surface area contributed by atoms with Crippen molar-refractivity contribution in [1.29, 1.82) is 0 Å². The van der Waals surface area contributed by atoms with Gasteiger partial charge >= 0.3 is 5.97 Å². The standard InChI is InChI=1S/C13H16ClNO3/c1-18-8-7-15(9-5-6-9)12-10(13(16)17)3-2-4-11(12)14/h2-4,9H,5-8H2,1H3,(H,16,17). The van der Waals surface area contributed by atoms with E-state index in [1.807, 2.05) is 0 Å². The maximum Gasteiger partial charge on any atom is 0.337 e. The lowest BCUT2D eigenvalue weighted by Gasteiger charge is -2.26. The average Bonchev–Trinajstić information content (AvgIpc) is 3.15. The zero-order valence-electron chi connectivity index (χ0n) is 10.2. The van der Waals surface area contributed by atoms with Crippen LogP contribution in [0.4, 0.5) is 5.69 Å². The first-order valence-corrected chi connectivity index (χ1v) is 6.30. The van der Waals surface area contributed by atoms with Crippen LogP contribution in [0, 0.1) is 0 Å². The summed E-state index contributed by atoms with van der Waals surface area (Å²) >= 11 is 6.17. The van der Waals surface area contributed by atoms with Crippen molar-refractivity contribution < 1.29 is 14.6 Å². The summed E-state index contributed by atoms with van der Waals surface area (Å²) in [5, 5.41) is 9.73. The van der Waals surface area contributed by atoms with Crippen molar-refractivity contribution in [1.82, 2.24) is 0 Å². The number of hydrogen-bond acceptors (Lipinski definition) is 3. The van der Waals surface area contributed by atoms with Gasteiger partial charge in [0.05, 0.1) is 22.9 Å². The predicted octanol–water partition coefficient (Wildman–Crippen LogP) is 2.65. The Morgan fingerprint density at radius 1 is 1.56 bits per heavy atom. The fourth-order valence-electron chi connectivity index (χ4n) is 2.03. The number of nitrogens with zero attached hydrogens (tertiary/aromatic N) is 1. The highest BCUT2D eigenvalue weighted by Gasteiger charge is 2.32. The van der Waals surface area contributed by atoms with Crippen LogP contribution in [-0.4, -0.2) is 37.4 Å². The van der Waals surface area contributed by atoms with Crippen LogP contribution in [-0.2, 0) is 4.74 Å². The molecule has 0 bridgehead atoms. The van der Waals surface area contributed by atoms with E-state index in [4.69, 9.17) is 16.3 Å². The number of benzene rings is 1. The molecule has 0 atom stereocenters. The summed E-state index contributed by atoms with van der Waals surface area (Å²) in [6.07, 6.45) is 2.15. The lowest BCUT2D eigenvalue weighted by molar-refractivity contribution is 0.0697. The molecule has 0 aliphatic heterocycles. The molecule has 1 aliphatic carbocycles. The normalized spacial score (nSPS) is 14.6. The van der Waals surface area contributed by atoms with Crippen molar-refractivity contribution in [2.75, 3.05) is 25.2 Å². The number of ether oxygens (including phenoxy) is 1. The molecule has 0 heterocycles. The van der Waals surface area contributed by atoms with Crippen molar-refractivity contribution in [3.63, 3.8) is 0 Å². The highest BCUT2D eigenvalue weighted by molar-refractivity contribution is 6.34. The van der Waals surface area contributed by atoms with Crippen LogP contribution in [0.1, 0.15) is 23.2 Å². The summed E-state index contributed by atoms with van der Waals surface area (Å²) in [4.78, 5) is 13.3. The third-order valence-electron chi connectivity index (χ3n) is 3.03. The third-order valence-corrected chi connectivity index (χ3v) is 3.33. The van der Waals surface area contributed by atoms with Crippen LogP contribution in [0.15, 0.2) is 18.2 Å². The predicted molar refractivity (Wildman–Crippen MR) is 70.7 cm³/mol. The summed E-state index contributed by atoms with van der Waals surface area (Å²) in [6.45, 7) is 1.21. The van der Waals surface area contributed by atoms with Gasteiger partial charge in [-0.2, -0.15) is 0 Å². The summed E-state index contributed by atoms with van der Waals surface area (Å²) in [7, 11) is 1.63. The van der Waals surface area contributed by atoms with Crippen molar-refractivity contribution in [2.45, 2.75) is 18.9 Å². The van der Waals surface area contributed by atoms with Crippen molar-refractivity contribution >= 4 is 23.3 Å². The first-order chi connectivity index (χ1) is 8.65. The number of aromatic carboxylic acids is 1. The molecule has 1 fully saturated rings. The third kappa shape index (κ3) is 2.76. The van der Waals surface area contributed by atoms with Gasteiger partial charge in [0.2, 0.25) is 0 Å². The van der Waals surface area contributed by atoms with Crippen LogP contribution in [0.2, 0.25) is 5.02 Å². The van der Waals surface area contributed by atoms with E-state index in [1.165, 1.54) is 0 Å². The molecule has 2 rings (SSSR count). The van der Waals surface area contributed by atoms with Crippen LogP contribution >= 0.6 is 11.6 Å². The average molecular weight is 270 g/mol. The number of methoxy groups -OCH3 is 1. The Kier molecular flexibility index (Phi) is 4.09. The van der Waals surface area contributed by atoms with Gasteiger partial charge in [-0.3, -0.25) is 0 Å². The number of halogens is 1. The Balaban J connectivity index is 2.36. The van der Waals surface area contributed by atoms with Gasteiger partial charge in [-0.25, -0.2) is 4.79 Å². The van der Waals surface area contributed by atoms with Gasteiger partial charge in [-0.1, -0.05) is 17.7 Å². The highest BCUT2D eigenvalue weighted by atomic mass is 35.5. The van der Waals surface area contributed by atoms with Crippen molar-refractivity contribution in [3.05, 3.63) is 28.8 Å². The molecule has 0 unspecified atom stereocenters. The largest absolute Gasteiger partial charge is 0.478 e. The van der Waals surface area contributed by atoms with E-state index in [0.717, 1.165) is 12.8 Å². The molecule has 5 heteroatoms. The Labute approximate surface area is 111 Å². The minimum Gasteiger partial charge on any atom is -0.478 e. The van der Waals surface area contributed by atoms with E-state index in [-0.39, 0.29) is 5.56 Å². The van der Waals surface area contributed by atoms with Gasteiger partial charge in [0.15, 0.2) is 0 Å². The Morgan fingerprint density at radius 3 is 2.83 bits per heavy atom. The Hall–Kier alpha value is -1.26. The molecular formula is C13H16ClNO3. The molecule has 4 nitrogen and oxygen atoms in total. The minimum atomic E-state index is -0.949. The fraction of sp³-hybridized carbons (Fsp3) is 0.462. The molecule has 1 saturated carbocycles. The molecule has 0 aromatic heterocycles. The zero-order valence-corrected chi connectivity index (χ0v) is 11.0. The van der Waals surface area contributed by atoms with Gasteiger partial charge in [0, 0.05) is 19.7 Å². The van der Waals surface area contributed by atoms with E-state index in [2.05, 4.69) is 4.90 Å². The molecule has 0 spiro atoms. The first-order valence-electron chi connectivity index (χ1n) is 5.92. The van der Waals surface area contributed by atoms with Crippen LogP contribution in [0.3, 0.4) is 0 Å². The Morgan fingerprint density at radius 2 is 2.28 bits per heavy atom. The number of carbonyl (C=O) groups is 1. The van der Waals surface area contributed by atoms with E-state index < -0.39 is 5.97 Å². The summed E-state index contributed by atoms with van der Waals surface area (Å²) < 4.78 is 5.08. The molecule has 0 amide bonds. The highest BCUT2D eigenvalue weighted by Crippen LogP contribution is 2.37. The van der Waals surface area contributed by atoms with Crippen LogP contribution in [0.25, 0.3) is 0 Å². The molecule has 18 heavy (non-hydrogen) atoms. The molecule has 0 saturated heterocycles. The van der Waals surface area contributed by atoms with E-state index in [0.29, 0.717) is 29.9 Å². The smallest absolute Gasteiger partial charge is 0.337 e. The number of carboxylic acids is 1.